The lowest BCUT2D eigenvalue weighted by Crippen LogP contribution is -2.52. The highest BCUT2D eigenvalue weighted by Crippen LogP contribution is 2.19. The quantitative estimate of drug-likeness (QED) is 0.290. The van der Waals surface area contributed by atoms with E-state index in [0.29, 0.717) is 6.42 Å². The normalized spacial score (nSPS) is 13.9. The van der Waals surface area contributed by atoms with E-state index in [1.54, 1.807) is 6.20 Å². The highest BCUT2D eigenvalue weighted by atomic mass is 16.4. The molecule has 0 saturated heterocycles. The van der Waals surface area contributed by atoms with E-state index in [2.05, 4.69) is 20.9 Å². The first-order chi connectivity index (χ1) is 15.1. The third kappa shape index (κ3) is 7.09. The topological polar surface area (TPSA) is 166 Å². The average molecular weight is 446 g/mol. The fourth-order valence-corrected chi connectivity index (χ4v) is 3.29. The van der Waals surface area contributed by atoms with Crippen molar-refractivity contribution in [3.8, 4) is 0 Å². The number of carbonyl (C=O) groups excluding carboxylic acids is 3. The van der Waals surface area contributed by atoms with Crippen LogP contribution in [0.3, 0.4) is 0 Å². The second-order valence-corrected chi connectivity index (χ2v) is 8.21. The van der Waals surface area contributed by atoms with E-state index in [1.165, 1.54) is 6.92 Å². The van der Waals surface area contributed by atoms with Gasteiger partial charge in [0.1, 0.15) is 12.1 Å². The zero-order chi connectivity index (χ0) is 23.8. The minimum Gasteiger partial charge on any atom is -0.480 e. The molecule has 0 aliphatic rings. The van der Waals surface area contributed by atoms with E-state index in [0.717, 1.165) is 16.5 Å². The number of amides is 3. The number of hydrogen-bond acceptors (Lipinski definition) is 5. The van der Waals surface area contributed by atoms with Crippen molar-refractivity contribution in [1.82, 2.24) is 20.9 Å². The Kier molecular flexibility index (Phi) is 8.77. The molecule has 1 aromatic heterocycles. The standard InChI is InChI=1S/C22H31N5O5/c1-12(2)8-16(23)21(30)26-13(3)20(29)25-11-19(28)27-18(22(31)32)9-14-10-24-17-7-5-4-6-15(14)17/h4-7,10,12-13,16,18,24H,8-9,11,23H2,1-3H3,(H,25,29)(H,26,30)(H,27,28)(H,31,32). The zero-order valence-electron chi connectivity index (χ0n) is 18.5. The molecule has 1 heterocycles. The van der Waals surface area contributed by atoms with Gasteiger partial charge in [0.15, 0.2) is 0 Å². The van der Waals surface area contributed by atoms with Crippen LogP contribution in [-0.4, -0.2) is 58.5 Å². The molecule has 10 heteroatoms. The summed E-state index contributed by atoms with van der Waals surface area (Å²) >= 11 is 0. The Hall–Kier alpha value is -3.40. The number of carboxylic acid groups (broad SMARTS) is 1. The summed E-state index contributed by atoms with van der Waals surface area (Å²) in [7, 11) is 0. The van der Waals surface area contributed by atoms with Gasteiger partial charge in [-0.05, 0) is 30.9 Å². The number of aliphatic carboxylic acids is 1. The largest absolute Gasteiger partial charge is 0.480 e. The summed E-state index contributed by atoms with van der Waals surface area (Å²) in [6.45, 7) is 4.93. The Morgan fingerprint density at radius 1 is 1.06 bits per heavy atom. The van der Waals surface area contributed by atoms with E-state index >= 15 is 0 Å². The van der Waals surface area contributed by atoms with E-state index < -0.39 is 48.4 Å². The van der Waals surface area contributed by atoms with Gasteiger partial charge in [-0.25, -0.2) is 4.79 Å². The minimum atomic E-state index is -1.19. The van der Waals surface area contributed by atoms with Crippen molar-refractivity contribution in [2.45, 2.75) is 51.7 Å². The molecule has 3 unspecified atom stereocenters. The molecule has 0 saturated carbocycles. The zero-order valence-corrected chi connectivity index (χ0v) is 18.5. The number of nitrogens with two attached hydrogens (primary N) is 1. The maximum Gasteiger partial charge on any atom is 0.326 e. The van der Waals surface area contributed by atoms with Crippen LogP contribution in [0.15, 0.2) is 30.5 Å². The molecule has 2 rings (SSSR count). The van der Waals surface area contributed by atoms with E-state index in [4.69, 9.17) is 5.73 Å². The first kappa shape index (κ1) is 24.9. The lowest BCUT2D eigenvalue weighted by Gasteiger charge is -2.19. The Labute approximate surface area is 186 Å². The van der Waals surface area contributed by atoms with Crippen LogP contribution >= 0.6 is 0 Å². The maximum atomic E-state index is 12.2. The fourth-order valence-electron chi connectivity index (χ4n) is 3.29. The molecule has 32 heavy (non-hydrogen) atoms. The lowest BCUT2D eigenvalue weighted by molar-refractivity contribution is -0.141. The number of hydrogen-bond donors (Lipinski definition) is 6. The molecule has 2 aromatic rings. The SMILES string of the molecule is CC(C)CC(N)C(=O)NC(C)C(=O)NCC(=O)NC(Cc1c[nH]c2ccccc12)C(=O)O. The predicted octanol–water partition coefficient (Wildman–Crippen LogP) is 0.274. The Balaban J connectivity index is 1.86. The van der Waals surface area contributed by atoms with Crippen molar-refractivity contribution in [2.24, 2.45) is 11.7 Å². The Morgan fingerprint density at radius 3 is 2.41 bits per heavy atom. The molecule has 174 valence electrons. The first-order valence-electron chi connectivity index (χ1n) is 10.5. The van der Waals surface area contributed by atoms with Gasteiger partial charge in [0, 0.05) is 23.5 Å². The summed E-state index contributed by atoms with van der Waals surface area (Å²) in [5, 5.41) is 17.7. The number of aromatic amines is 1. The van der Waals surface area contributed by atoms with Gasteiger partial charge in [-0.15, -0.1) is 0 Å². The molecule has 10 nitrogen and oxygen atoms in total. The van der Waals surface area contributed by atoms with Gasteiger partial charge >= 0.3 is 5.97 Å². The minimum absolute atomic E-state index is 0.0826. The Morgan fingerprint density at radius 2 is 1.75 bits per heavy atom. The molecule has 3 atom stereocenters. The summed E-state index contributed by atoms with van der Waals surface area (Å²) in [5.41, 5.74) is 7.42. The summed E-state index contributed by atoms with van der Waals surface area (Å²) in [5.74, 6) is -2.63. The van der Waals surface area contributed by atoms with Crippen LogP contribution in [0.4, 0.5) is 0 Å². The van der Waals surface area contributed by atoms with Crippen molar-refractivity contribution in [3.05, 3.63) is 36.0 Å². The van der Waals surface area contributed by atoms with E-state index in [1.807, 2.05) is 38.1 Å². The van der Waals surface area contributed by atoms with Crippen LogP contribution in [0.2, 0.25) is 0 Å². The van der Waals surface area contributed by atoms with Crippen molar-refractivity contribution in [1.29, 1.82) is 0 Å². The lowest BCUT2D eigenvalue weighted by atomic mass is 10.0. The monoisotopic (exact) mass is 445 g/mol. The van der Waals surface area contributed by atoms with Crippen LogP contribution in [0.1, 0.15) is 32.8 Å². The molecule has 0 fully saturated rings. The smallest absolute Gasteiger partial charge is 0.326 e. The summed E-state index contributed by atoms with van der Waals surface area (Å²) in [4.78, 5) is 51.1. The van der Waals surface area contributed by atoms with Gasteiger partial charge in [0.25, 0.3) is 0 Å². The van der Waals surface area contributed by atoms with Crippen LogP contribution in [-0.2, 0) is 25.6 Å². The fraction of sp³-hybridized carbons (Fsp3) is 0.455. The molecule has 3 amide bonds. The van der Waals surface area contributed by atoms with Crippen LogP contribution in [0, 0.1) is 5.92 Å². The molecular formula is C22H31N5O5. The molecule has 0 aliphatic carbocycles. The number of carbonyl (C=O) groups is 4. The first-order valence-corrected chi connectivity index (χ1v) is 10.5. The number of benzene rings is 1. The van der Waals surface area contributed by atoms with E-state index in [-0.39, 0.29) is 12.3 Å². The third-order valence-electron chi connectivity index (χ3n) is 4.97. The summed E-state index contributed by atoms with van der Waals surface area (Å²) < 4.78 is 0. The van der Waals surface area contributed by atoms with Crippen LogP contribution in [0.25, 0.3) is 10.9 Å². The van der Waals surface area contributed by atoms with Crippen molar-refractivity contribution in [3.63, 3.8) is 0 Å². The maximum absolute atomic E-state index is 12.2. The molecular weight excluding hydrogens is 414 g/mol. The van der Waals surface area contributed by atoms with Crippen molar-refractivity contribution >= 4 is 34.6 Å². The average Bonchev–Trinajstić information content (AvgIpc) is 3.13. The Bertz CT molecular complexity index is 971. The number of H-pyrrole nitrogens is 1. The summed E-state index contributed by atoms with van der Waals surface area (Å²) in [6.07, 6.45) is 2.28. The molecule has 7 N–H and O–H groups in total. The predicted molar refractivity (Wildman–Crippen MR) is 120 cm³/mol. The number of carboxylic acids is 1. The number of para-hydroxylation sites is 1. The number of nitrogens with one attached hydrogen (secondary N) is 4. The van der Waals surface area contributed by atoms with E-state index in [9.17, 15) is 24.3 Å². The van der Waals surface area contributed by atoms with Gasteiger partial charge < -0.3 is 31.8 Å². The number of fused-ring (bicyclic) bond motifs is 1. The van der Waals surface area contributed by atoms with Crippen molar-refractivity contribution in [2.75, 3.05) is 6.54 Å². The van der Waals surface area contributed by atoms with Gasteiger partial charge in [0.05, 0.1) is 12.6 Å². The molecule has 0 radical (unpaired) electrons. The third-order valence-corrected chi connectivity index (χ3v) is 4.97. The highest BCUT2D eigenvalue weighted by molar-refractivity contribution is 5.92. The molecule has 0 spiro atoms. The summed E-state index contributed by atoms with van der Waals surface area (Å²) in [6, 6.07) is 4.67. The molecule has 1 aromatic carbocycles. The highest BCUT2D eigenvalue weighted by Gasteiger charge is 2.24. The number of aromatic nitrogens is 1. The molecule has 0 aliphatic heterocycles. The van der Waals surface area contributed by atoms with Crippen molar-refractivity contribution < 1.29 is 24.3 Å². The number of rotatable bonds is 11. The van der Waals surface area contributed by atoms with Crippen LogP contribution in [0.5, 0.6) is 0 Å². The second kappa shape index (κ2) is 11.3. The molecule has 0 bridgehead atoms. The van der Waals surface area contributed by atoms with Gasteiger partial charge in [-0.2, -0.15) is 0 Å². The van der Waals surface area contributed by atoms with Gasteiger partial charge in [-0.1, -0.05) is 32.0 Å². The van der Waals surface area contributed by atoms with Gasteiger partial charge in [0.2, 0.25) is 17.7 Å². The van der Waals surface area contributed by atoms with Crippen LogP contribution < -0.4 is 21.7 Å². The van der Waals surface area contributed by atoms with Gasteiger partial charge in [-0.3, -0.25) is 14.4 Å². The second-order valence-electron chi connectivity index (χ2n) is 8.21.